The molecule has 0 saturated carbocycles. The smallest absolute Gasteiger partial charge is 0.111 e. The number of aliphatic hydroxyl groups excluding tert-OH is 3. The molecule has 0 aromatic carbocycles. The molecule has 0 aliphatic carbocycles. The van der Waals surface area contributed by atoms with Gasteiger partial charge in [-0.25, -0.2) is 0 Å². The lowest BCUT2D eigenvalue weighted by Gasteiger charge is -2.17. The van der Waals surface area contributed by atoms with Gasteiger partial charge in [-0.15, -0.1) is 0 Å². The molecular formula is C8H16O4. The summed E-state index contributed by atoms with van der Waals surface area (Å²) < 4.78 is 5.25. The zero-order valence-electron chi connectivity index (χ0n) is 7.34. The Morgan fingerprint density at radius 3 is 2.08 bits per heavy atom. The van der Waals surface area contributed by atoms with Gasteiger partial charge in [-0.3, -0.25) is 0 Å². The number of ether oxygens (including phenoxy) is 1. The summed E-state index contributed by atoms with van der Waals surface area (Å²) in [5.41, 5.74) is 0. The average Bonchev–Trinajstić information content (AvgIpc) is 2.30. The Labute approximate surface area is 71.8 Å². The van der Waals surface area contributed by atoms with Crippen LogP contribution in [-0.2, 0) is 4.74 Å². The van der Waals surface area contributed by atoms with E-state index in [0.717, 1.165) is 0 Å². The summed E-state index contributed by atoms with van der Waals surface area (Å²) >= 11 is 0. The van der Waals surface area contributed by atoms with Crippen LogP contribution in [0.4, 0.5) is 0 Å². The molecule has 0 bridgehead atoms. The minimum Gasteiger partial charge on any atom is -0.394 e. The van der Waals surface area contributed by atoms with Crippen LogP contribution >= 0.6 is 0 Å². The molecule has 1 saturated heterocycles. The maximum absolute atomic E-state index is 9.44. The molecule has 12 heavy (non-hydrogen) atoms. The van der Waals surface area contributed by atoms with Crippen LogP contribution in [0.15, 0.2) is 0 Å². The third-order valence-electron chi connectivity index (χ3n) is 2.24. The highest BCUT2D eigenvalue weighted by Crippen LogP contribution is 2.25. The zero-order chi connectivity index (χ0) is 9.30. The van der Waals surface area contributed by atoms with Crippen LogP contribution in [0.25, 0.3) is 0 Å². The minimum absolute atomic E-state index is 0.145. The van der Waals surface area contributed by atoms with Crippen molar-refractivity contribution in [3.05, 3.63) is 0 Å². The average molecular weight is 176 g/mol. The molecule has 1 rings (SSSR count). The second-order valence-corrected chi connectivity index (χ2v) is 3.55. The van der Waals surface area contributed by atoms with E-state index >= 15 is 0 Å². The summed E-state index contributed by atoms with van der Waals surface area (Å²) in [5, 5.41) is 27.5. The standard InChI is InChI=1S/C8H16O4/c1-4(2)8-7(11)6(10)5(3-9)12-8/h4-11H,3H2,1-2H3/t5-,6?,7?,8-/m0/s1. The van der Waals surface area contributed by atoms with Gasteiger partial charge in [-0.1, -0.05) is 13.8 Å². The lowest BCUT2D eigenvalue weighted by atomic mass is 10.00. The van der Waals surface area contributed by atoms with Crippen molar-refractivity contribution in [3.8, 4) is 0 Å². The van der Waals surface area contributed by atoms with Gasteiger partial charge >= 0.3 is 0 Å². The van der Waals surface area contributed by atoms with Crippen molar-refractivity contribution < 1.29 is 20.1 Å². The van der Waals surface area contributed by atoms with Crippen LogP contribution in [0.2, 0.25) is 0 Å². The highest BCUT2D eigenvalue weighted by molar-refractivity contribution is 4.91. The Morgan fingerprint density at radius 1 is 1.25 bits per heavy atom. The van der Waals surface area contributed by atoms with E-state index in [1.165, 1.54) is 0 Å². The zero-order valence-corrected chi connectivity index (χ0v) is 7.34. The Hall–Kier alpha value is -0.160. The predicted molar refractivity (Wildman–Crippen MR) is 42.6 cm³/mol. The molecule has 2 unspecified atom stereocenters. The van der Waals surface area contributed by atoms with E-state index in [-0.39, 0.29) is 18.6 Å². The topological polar surface area (TPSA) is 69.9 Å². The third kappa shape index (κ3) is 1.61. The fourth-order valence-electron chi connectivity index (χ4n) is 1.48. The molecule has 0 radical (unpaired) electrons. The second-order valence-electron chi connectivity index (χ2n) is 3.55. The van der Waals surface area contributed by atoms with Crippen LogP contribution in [0.5, 0.6) is 0 Å². The van der Waals surface area contributed by atoms with E-state index in [0.29, 0.717) is 0 Å². The van der Waals surface area contributed by atoms with Crippen LogP contribution in [0, 0.1) is 5.92 Å². The fraction of sp³-hybridized carbons (Fsp3) is 1.00. The molecule has 4 heteroatoms. The van der Waals surface area contributed by atoms with E-state index in [1.54, 1.807) is 0 Å². The Morgan fingerprint density at radius 2 is 1.83 bits per heavy atom. The quantitative estimate of drug-likeness (QED) is 0.511. The third-order valence-corrected chi connectivity index (χ3v) is 2.24. The molecule has 0 aromatic rings. The summed E-state index contributed by atoms with van der Waals surface area (Å²) in [4.78, 5) is 0. The van der Waals surface area contributed by atoms with Crippen molar-refractivity contribution in [1.82, 2.24) is 0 Å². The SMILES string of the molecule is CC(C)[C@@H]1O[C@@H](CO)C(O)C1O. The molecule has 1 fully saturated rings. The van der Waals surface area contributed by atoms with Gasteiger partial charge in [-0.2, -0.15) is 0 Å². The molecule has 1 aliphatic heterocycles. The van der Waals surface area contributed by atoms with Gasteiger partial charge in [0.1, 0.15) is 18.3 Å². The summed E-state index contributed by atoms with van der Waals surface area (Å²) in [6.45, 7) is 3.56. The molecule has 4 nitrogen and oxygen atoms in total. The van der Waals surface area contributed by atoms with E-state index in [2.05, 4.69) is 0 Å². The van der Waals surface area contributed by atoms with Gasteiger partial charge in [-0.05, 0) is 5.92 Å². The monoisotopic (exact) mass is 176 g/mol. The number of hydrogen-bond donors (Lipinski definition) is 3. The van der Waals surface area contributed by atoms with Crippen LogP contribution in [-0.4, -0.2) is 46.3 Å². The number of aliphatic hydroxyl groups is 3. The molecule has 0 spiro atoms. The second kappa shape index (κ2) is 3.70. The molecule has 0 amide bonds. The van der Waals surface area contributed by atoms with Gasteiger partial charge in [0.2, 0.25) is 0 Å². The van der Waals surface area contributed by atoms with Crippen LogP contribution in [0.1, 0.15) is 13.8 Å². The van der Waals surface area contributed by atoms with Crippen LogP contribution < -0.4 is 0 Å². The molecule has 72 valence electrons. The summed E-state index contributed by atoms with van der Waals surface area (Å²) in [6, 6.07) is 0. The van der Waals surface area contributed by atoms with Crippen molar-refractivity contribution in [3.63, 3.8) is 0 Å². The number of rotatable bonds is 2. The lowest BCUT2D eigenvalue weighted by molar-refractivity contribution is -0.0369. The normalized spacial score (nSPS) is 42.5. The maximum Gasteiger partial charge on any atom is 0.111 e. The molecule has 1 aliphatic rings. The van der Waals surface area contributed by atoms with Gasteiger partial charge in [0.15, 0.2) is 0 Å². The summed E-state index contributed by atoms with van der Waals surface area (Å²) in [5.74, 6) is 0.145. The van der Waals surface area contributed by atoms with Gasteiger partial charge in [0.05, 0.1) is 12.7 Å². The highest BCUT2D eigenvalue weighted by Gasteiger charge is 2.43. The van der Waals surface area contributed by atoms with Crippen molar-refractivity contribution in [1.29, 1.82) is 0 Å². The number of hydrogen-bond acceptors (Lipinski definition) is 4. The first-order valence-electron chi connectivity index (χ1n) is 4.20. The van der Waals surface area contributed by atoms with Gasteiger partial charge in [0, 0.05) is 0 Å². The first-order valence-corrected chi connectivity index (χ1v) is 4.20. The predicted octanol–water partition coefficient (Wildman–Crippen LogP) is -0.876. The van der Waals surface area contributed by atoms with Crippen molar-refractivity contribution in [2.24, 2.45) is 5.92 Å². The van der Waals surface area contributed by atoms with Gasteiger partial charge < -0.3 is 20.1 Å². The Kier molecular flexibility index (Phi) is 3.06. The molecule has 3 N–H and O–H groups in total. The van der Waals surface area contributed by atoms with E-state index in [1.807, 2.05) is 13.8 Å². The first kappa shape index (κ1) is 9.92. The molecule has 4 atom stereocenters. The summed E-state index contributed by atoms with van der Waals surface area (Å²) in [7, 11) is 0. The largest absolute Gasteiger partial charge is 0.394 e. The van der Waals surface area contributed by atoms with E-state index in [4.69, 9.17) is 9.84 Å². The summed E-state index contributed by atoms with van der Waals surface area (Å²) in [6.07, 6.45) is -2.82. The maximum atomic E-state index is 9.44. The van der Waals surface area contributed by atoms with E-state index < -0.39 is 18.3 Å². The van der Waals surface area contributed by atoms with Crippen molar-refractivity contribution in [2.45, 2.75) is 38.3 Å². The highest BCUT2D eigenvalue weighted by atomic mass is 16.6. The fourth-order valence-corrected chi connectivity index (χ4v) is 1.48. The van der Waals surface area contributed by atoms with E-state index in [9.17, 15) is 10.2 Å². The van der Waals surface area contributed by atoms with Gasteiger partial charge in [0.25, 0.3) is 0 Å². The lowest BCUT2D eigenvalue weighted by Crippen LogP contribution is -2.35. The molecule has 1 heterocycles. The first-order chi connectivity index (χ1) is 5.57. The van der Waals surface area contributed by atoms with Crippen molar-refractivity contribution >= 4 is 0 Å². The molecule has 0 aromatic heterocycles. The minimum atomic E-state index is -0.956. The van der Waals surface area contributed by atoms with Crippen molar-refractivity contribution in [2.75, 3.05) is 6.61 Å². The Bertz CT molecular complexity index is 148. The molecular weight excluding hydrogens is 160 g/mol. The van der Waals surface area contributed by atoms with Crippen LogP contribution in [0.3, 0.4) is 0 Å². The Balaban J connectivity index is 2.60.